The van der Waals surface area contributed by atoms with E-state index in [9.17, 15) is 18.0 Å². The second kappa shape index (κ2) is 4.19. The molecule has 0 saturated carbocycles. The molecule has 2 rings (SSSR count). The van der Waals surface area contributed by atoms with E-state index in [2.05, 4.69) is 0 Å². The van der Waals surface area contributed by atoms with Gasteiger partial charge in [-0.2, -0.15) is 13.2 Å². The molecule has 0 radical (unpaired) electrons. The maximum absolute atomic E-state index is 12.9. The summed E-state index contributed by atoms with van der Waals surface area (Å²) in [6.45, 7) is 0.303. The van der Waals surface area contributed by atoms with Crippen LogP contribution in [0.5, 0.6) is 0 Å². The van der Waals surface area contributed by atoms with Crippen molar-refractivity contribution in [3.8, 4) is 0 Å². The van der Waals surface area contributed by atoms with Gasteiger partial charge in [-0.15, -0.1) is 0 Å². The number of carboxylic acid groups (broad SMARTS) is 1. The van der Waals surface area contributed by atoms with Gasteiger partial charge >= 0.3 is 12.1 Å². The molecule has 1 N–H and O–H groups in total. The van der Waals surface area contributed by atoms with E-state index >= 15 is 0 Å². The zero-order chi connectivity index (χ0) is 13.5. The van der Waals surface area contributed by atoms with Gasteiger partial charge in [0.25, 0.3) is 0 Å². The maximum atomic E-state index is 12.9. The van der Waals surface area contributed by atoms with Crippen molar-refractivity contribution in [1.29, 1.82) is 0 Å². The average Bonchev–Trinajstić information content (AvgIpc) is 2.27. The third-order valence-electron chi connectivity index (χ3n) is 3.18. The second-order valence-corrected chi connectivity index (χ2v) is 4.34. The van der Waals surface area contributed by atoms with Crippen LogP contribution in [0.4, 0.5) is 18.9 Å². The lowest BCUT2D eigenvalue weighted by atomic mass is 9.88. The molecule has 0 bridgehead atoms. The van der Waals surface area contributed by atoms with Crippen molar-refractivity contribution >= 4 is 11.7 Å². The van der Waals surface area contributed by atoms with Crippen LogP contribution in [-0.2, 0) is 11.0 Å². The van der Waals surface area contributed by atoms with Crippen LogP contribution in [0.25, 0.3) is 0 Å². The molecular formula is C12H12F3NO2. The Hall–Kier alpha value is -1.72. The Balaban J connectivity index is 2.62. The van der Waals surface area contributed by atoms with Gasteiger partial charge < -0.3 is 10.0 Å². The Labute approximate surface area is 102 Å². The predicted octanol–water partition coefficient (Wildman–Crippen LogP) is 2.71. The molecule has 1 aliphatic rings. The number of hydrogen-bond donors (Lipinski definition) is 1. The summed E-state index contributed by atoms with van der Waals surface area (Å²) in [5, 5.41) is 9.07. The molecule has 1 heterocycles. The van der Waals surface area contributed by atoms with Crippen molar-refractivity contribution < 1.29 is 23.1 Å². The molecule has 0 aliphatic carbocycles. The fourth-order valence-electron chi connectivity index (χ4n) is 2.34. The number of anilines is 1. The van der Waals surface area contributed by atoms with Gasteiger partial charge in [0.15, 0.2) is 0 Å². The van der Waals surface area contributed by atoms with Gasteiger partial charge in [-0.05, 0) is 18.1 Å². The highest BCUT2D eigenvalue weighted by atomic mass is 19.4. The number of carbonyl (C=O) groups is 1. The minimum atomic E-state index is -4.47. The van der Waals surface area contributed by atoms with Crippen LogP contribution in [0.15, 0.2) is 18.2 Å². The molecule has 18 heavy (non-hydrogen) atoms. The SMILES string of the molecule is CN1CCC(C(=O)O)c2cccc(C(F)(F)F)c21. The predicted molar refractivity (Wildman–Crippen MR) is 59.7 cm³/mol. The number of halogens is 3. The normalized spacial score (nSPS) is 19.6. The number of rotatable bonds is 1. The molecule has 0 aromatic heterocycles. The van der Waals surface area contributed by atoms with E-state index in [0.717, 1.165) is 6.07 Å². The Morgan fingerprint density at radius 3 is 2.67 bits per heavy atom. The minimum absolute atomic E-state index is 0.0105. The summed E-state index contributed by atoms with van der Waals surface area (Å²) in [5.74, 6) is -1.94. The summed E-state index contributed by atoms with van der Waals surface area (Å²) in [7, 11) is 1.55. The summed E-state index contributed by atoms with van der Waals surface area (Å²) < 4.78 is 38.7. The van der Waals surface area contributed by atoms with Gasteiger partial charge in [-0.1, -0.05) is 12.1 Å². The van der Waals surface area contributed by atoms with E-state index in [1.54, 1.807) is 7.05 Å². The molecule has 0 saturated heterocycles. The van der Waals surface area contributed by atoms with Crippen LogP contribution in [0.3, 0.4) is 0 Å². The monoisotopic (exact) mass is 259 g/mol. The number of aliphatic carboxylic acids is 1. The lowest BCUT2D eigenvalue weighted by Gasteiger charge is -2.33. The van der Waals surface area contributed by atoms with Crippen LogP contribution in [-0.4, -0.2) is 24.7 Å². The van der Waals surface area contributed by atoms with E-state index < -0.39 is 23.6 Å². The first-order valence-corrected chi connectivity index (χ1v) is 5.46. The first-order chi connectivity index (χ1) is 8.32. The Morgan fingerprint density at radius 1 is 1.44 bits per heavy atom. The Kier molecular flexibility index (Phi) is 2.96. The van der Waals surface area contributed by atoms with E-state index in [4.69, 9.17) is 5.11 Å². The summed E-state index contributed by atoms with van der Waals surface area (Å²) in [6.07, 6.45) is -4.15. The van der Waals surface area contributed by atoms with Gasteiger partial charge in [0.2, 0.25) is 0 Å². The van der Waals surface area contributed by atoms with Gasteiger partial charge in [0, 0.05) is 13.6 Å². The van der Waals surface area contributed by atoms with Crippen molar-refractivity contribution in [2.24, 2.45) is 0 Å². The van der Waals surface area contributed by atoms with Crippen LogP contribution >= 0.6 is 0 Å². The van der Waals surface area contributed by atoms with Gasteiger partial charge in [-0.25, -0.2) is 0 Å². The molecule has 3 nitrogen and oxygen atoms in total. The number of alkyl halides is 3. The smallest absolute Gasteiger partial charge is 0.418 e. The van der Waals surface area contributed by atoms with Gasteiger partial charge in [-0.3, -0.25) is 4.79 Å². The van der Waals surface area contributed by atoms with Crippen molar-refractivity contribution in [2.45, 2.75) is 18.5 Å². The number of benzene rings is 1. The van der Waals surface area contributed by atoms with E-state index in [-0.39, 0.29) is 11.3 Å². The lowest BCUT2D eigenvalue weighted by molar-refractivity contribution is -0.140. The maximum Gasteiger partial charge on any atom is 0.418 e. The fraction of sp³-hybridized carbons (Fsp3) is 0.417. The van der Waals surface area contributed by atoms with Crippen molar-refractivity contribution in [3.05, 3.63) is 29.3 Å². The lowest BCUT2D eigenvalue weighted by Crippen LogP contribution is -2.32. The van der Waals surface area contributed by atoms with Crippen molar-refractivity contribution in [2.75, 3.05) is 18.5 Å². The number of fused-ring (bicyclic) bond motifs is 1. The zero-order valence-corrected chi connectivity index (χ0v) is 9.66. The van der Waals surface area contributed by atoms with E-state index in [1.807, 2.05) is 0 Å². The number of nitrogens with zero attached hydrogens (tertiary/aromatic N) is 1. The quantitative estimate of drug-likeness (QED) is 0.843. The average molecular weight is 259 g/mol. The number of hydrogen-bond acceptors (Lipinski definition) is 2. The molecule has 0 amide bonds. The molecule has 1 aromatic rings. The topological polar surface area (TPSA) is 40.5 Å². The highest BCUT2D eigenvalue weighted by Crippen LogP contribution is 2.43. The summed E-state index contributed by atoms with van der Waals surface area (Å²) in [6, 6.07) is 3.70. The minimum Gasteiger partial charge on any atom is -0.481 e. The van der Waals surface area contributed by atoms with E-state index in [0.29, 0.717) is 13.0 Å². The molecule has 1 aliphatic heterocycles. The fourth-order valence-corrected chi connectivity index (χ4v) is 2.34. The zero-order valence-electron chi connectivity index (χ0n) is 9.66. The van der Waals surface area contributed by atoms with Gasteiger partial charge in [0.05, 0.1) is 17.2 Å². The molecule has 0 spiro atoms. The molecule has 1 unspecified atom stereocenters. The first kappa shape index (κ1) is 12.7. The third-order valence-corrected chi connectivity index (χ3v) is 3.18. The molecule has 98 valence electrons. The highest BCUT2D eigenvalue weighted by Gasteiger charge is 2.39. The van der Waals surface area contributed by atoms with Crippen molar-refractivity contribution in [3.63, 3.8) is 0 Å². The van der Waals surface area contributed by atoms with Crippen LogP contribution in [0.2, 0.25) is 0 Å². The van der Waals surface area contributed by atoms with Gasteiger partial charge in [0.1, 0.15) is 0 Å². The molecule has 0 fully saturated rings. The number of para-hydroxylation sites is 1. The molecule has 1 atom stereocenters. The number of carboxylic acids is 1. The third kappa shape index (κ3) is 2.02. The molecule has 1 aromatic carbocycles. The van der Waals surface area contributed by atoms with Crippen LogP contribution in [0.1, 0.15) is 23.5 Å². The molecule has 6 heteroatoms. The first-order valence-electron chi connectivity index (χ1n) is 5.46. The standard InChI is InChI=1S/C12H12F3NO2/c1-16-6-5-8(11(17)18)7-3-2-4-9(10(7)16)12(13,14)15/h2-4,8H,5-6H2,1H3,(H,17,18). The highest BCUT2D eigenvalue weighted by molar-refractivity contribution is 5.81. The second-order valence-electron chi connectivity index (χ2n) is 4.34. The van der Waals surface area contributed by atoms with Crippen molar-refractivity contribution in [1.82, 2.24) is 0 Å². The largest absolute Gasteiger partial charge is 0.481 e. The van der Waals surface area contributed by atoms with Crippen LogP contribution in [0, 0.1) is 0 Å². The Bertz CT molecular complexity index is 485. The summed E-state index contributed by atoms with van der Waals surface area (Å²) in [5.41, 5.74) is -0.539. The van der Waals surface area contributed by atoms with E-state index in [1.165, 1.54) is 17.0 Å². The Morgan fingerprint density at radius 2 is 2.11 bits per heavy atom. The summed E-state index contributed by atoms with van der Waals surface area (Å²) in [4.78, 5) is 12.6. The van der Waals surface area contributed by atoms with Crippen LogP contribution < -0.4 is 4.90 Å². The summed E-state index contributed by atoms with van der Waals surface area (Å²) >= 11 is 0. The molecular weight excluding hydrogens is 247 g/mol.